The molecule has 0 aliphatic heterocycles. The molecule has 0 saturated heterocycles. The average molecular weight is 628 g/mol. The van der Waals surface area contributed by atoms with Crippen molar-refractivity contribution in [3.8, 4) is 0 Å². The van der Waals surface area contributed by atoms with E-state index in [0.29, 0.717) is 16.9 Å². The SMILES string of the molecule is COC(=O)CCC(NC(=O)c1ccc(NCc2cnc3nc(N)[nH]c(=O)c3n2)cc1)C(=O)OC.O=S(=O)(O)c1ccccc1. The molecule has 0 radical (unpaired) electrons. The van der Waals surface area contributed by atoms with Crippen molar-refractivity contribution >= 4 is 50.8 Å². The Morgan fingerprint density at radius 3 is 2.30 bits per heavy atom. The minimum Gasteiger partial charge on any atom is -0.469 e. The first kappa shape index (κ1) is 33.1. The largest absolute Gasteiger partial charge is 0.469 e. The first-order chi connectivity index (χ1) is 20.9. The molecule has 0 saturated carbocycles. The number of hydrogen-bond donors (Lipinski definition) is 5. The minimum atomic E-state index is -4.00. The molecule has 6 N–H and O–H groups in total. The van der Waals surface area contributed by atoms with Crippen molar-refractivity contribution in [2.75, 3.05) is 25.3 Å². The van der Waals surface area contributed by atoms with Crippen LogP contribution in [0.5, 0.6) is 0 Å². The Balaban J connectivity index is 0.000000448. The van der Waals surface area contributed by atoms with Crippen LogP contribution in [0.15, 0.2) is 70.5 Å². The van der Waals surface area contributed by atoms with Crippen molar-refractivity contribution in [1.29, 1.82) is 0 Å². The van der Waals surface area contributed by atoms with Gasteiger partial charge in [-0.25, -0.2) is 14.8 Å². The number of fused-ring (bicyclic) bond motifs is 1. The van der Waals surface area contributed by atoms with Gasteiger partial charge >= 0.3 is 11.9 Å². The summed E-state index contributed by atoms with van der Waals surface area (Å²) >= 11 is 0. The smallest absolute Gasteiger partial charge is 0.328 e. The van der Waals surface area contributed by atoms with Gasteiger partial charge < -0.3 is 25.8 Å². The van der Waals surface area contributed by atoms with E-state index in [-0.39, 0.29) is 41.4 Å². The summed E-state index contributed by atoms with van der Waals surface area (Å²) in [6.45, 7) is 0.260. The summed E-state index contributed by atoms with van der Waals surface area (Å²) in [5.74, 6) is -1.70. The molecular weight excluding hydrogens is 598 g/mol. The summed E-state index contributed by atoms with van der Waals surface area (Å²) in [5, 5.41) is 5.67. The highest BCUT2D eigenvalue weighted by molar-refractivity contribution is 7.85. The first-order valence-electron chi connectivity index (χ1n) is 12.7. The Labute approximate surface area is 250 Å². The second-order valence-corrected chi connectivity index (χ2v) is 10.3. The molecule has 2 aromatic heterocycles. The number of nitrogen functional groups attached to an aromatic ring is 1. The number of amides is 1. The summed E-state index contributed by atoms with van der Waals surface area (Å²) in [5.41, 5.74) is 6.72. The number of H-pyrrole nitrogens is 1. The van der Waals surface area contributed by atoms with Crippen molar-refractivity contribution in [2.45, 2.75) is 30.3 Å². The number of ether oxygens (including phenoxy) is 2. The van der Waals surface area contributed by atoms with E-state index in [0.717, 1.165) is 0 Å². The molecule has 17 heteroatoms. The highest BCUT2D eigenvalue weighted by atomic mass is 32.2. The van der Waals surface area contributed by atoms with Gasteiger partial charge in [-0.15, -0.1) is 0 Å². The van der Waals surface area contributed by atoms with E-state index in [1.807, 2.05) is 0 Å². The molecule has 16 nitrogen and oxygen atoms in total. The fourth-order valence-electron chi connectivity index (χ4n) is 3.58. The summed E-state index contributed by atoms with van der Waals surface area (Å²) in [7, 11) is -1.57. The number of esters is 2. The summed E-state index contributed by atoms with van der Waals surface area (Å²) in [6.07, 6.45) is 1.47. The van der Waals surface area contributed by atoms with Crippen molar-refractivity contribution in [2.24, 2.45) is 0 Å². The van der Waals surface area contributed by atoms with Gasteiger partial charge in [-0.2, -0.15) is 13.4 Å². The number of nitrogens with two attached hydrogens (primary N) is 1. The molecule has 0 aliphatic carbocycles. The molecule has 4 rings (SSSR count). The number of rotatable bonds is 10. The number of aromatic nitrogens is 4. The maximum Gasteiger partial charge on any atom is 0.328 e. The topological polar surface area (TPSA) is 246 Å². The van der Waals surface area contributed by atoms with Crippen molar-refractivity contribution < 1.29 is 36.8 Å². The number of methoxy groups -OCH3 is 2. The van der Waals surface area contributed by atoms with Crippen LogP contribution in [0.2, 0.25) is 0 Å². The van der Waals surface area contributed by atoms with Gasteiger partial charge in [-0.05, 0) is 42.8 Å². The first-order valence-corrected chi connectivity index (χ1v) is 14.2. The number of carbonyl (C=O) groups excluding carboxylic acids is 3. The highest BCUT2D eigenvalue weighted by Gasteiger charge is 2.23. The molecule has 0 fully saturated rings. The van der Waals surface area contributed by atoms with Gasteiger partial charge in [-0.1, -0.05) is 18.2 Å². The molecular formula is C27H29N7O9S. The van der Waals surface area contributed by atoms with Crippen LogP contribution in [-0.2, 0) is 35.7 Å². The second-order valence-electron chi connectivity index (χ2n) is 8.87. The van der Waals surface area contributed by atoms with E-state index in [9.17, 15) is 27.6 Å². The van der Waals surface area contributed by atoms with Gasteiger partial charge in [-0.3, -0.25) is 23.9 Å². The van der Waals surface area contributed by atoms with E-state index in [4.69, 9.17) is 10.3 Å². The van der Waals surface area contributed by atoms with Crippen LogP contribution in [0.1, 0.15) is 28.9 Å². The predicted molar refractivity (Wildman–Crippen MR) is 157 cm³/mol. The van der Waals surface area contributed by atoms with Crippen LogP contribution >= 0.6 is 0 Å². The van der Waals surface area contributed by atoms with Crippen LogP contribution in [0.4, 0.5) is 11.6 Å². The average Bonchev–Trinajstić information content (AvgIpc) is 3.02. The second kappa shape index (κ2) is 15.2. The molecule has 1 unspecified atom stereocenters. The van der Waals surface area contributed by atoms with Gasteiger partial charge in [0.2, 0.25) is 5.95 Å². The summed E-state index contributed by atoms with van der Waals surface area (Å²) < 4.78 is 38.5. The molecule has 2 aromatic carbocycles. The lowest BCUT2D eigenvalue weighted by molar-refractivity contribution is -0.144. The number of carbonyl (C=O) groups is 3. The Morgan fingerprint density at radius 1 is 1.02 bits per heavy atom. The lowest BCUT2D eigenvalue weighted by Crippen LogP contribution is -2.41. The van der Waals surface area contributed by atoms with Crippen LogP contribution in [-0.4, -0.2) is 71.0 Å². The zero-order chi connectivity index (χ0) is 32.3. The zero-order valence-corrected chi connectivity index (χ0v) is 24.3. The monoisotopic (exact) mass is 627 g/mol. The lowest BCUT2D eigenvalue weighted by Gasteiger charge is -2.16. The van der Waals surface area contributed by atoms with E-state index < -0.39 is 39.6 Å². The Morgan fingerprint density at radius 2 is 1.70 bits per heavy atom. The quantitative estimate of drug-likeness (QED) is 0.122. The van der Waals surface area contributed by atoms with Crippen molar-refractivity contribution in [3.05, 3.63) is 82.4 Å². The summed E-state index contributed by atoms with van der Waals surface area (Å²) in [4.78, 5) is 62.3. The number of aromatic amines is 1. The fourth-order valence-corrected chi connectivity index (χ4v) is 4.08. The van der Waals surface area contributed by atoms with E-state index >= 15 is 0 Å². The molecule has 44 heavy (non-hydrogen) atoms. The van der Waals surface area contributed by atoms with Crippen LogP contribution in [0.3, 0.4) is 0 Å². The predicted octanol–water partition coefficient (Wildman–Crippen LogP) is 1.07. The summed E-state index contributed by atoms with van der Waals surface area (Å²) in [6, 6.07) is 12.9. The van der Waals surface area contributed by atoms with Gasteiger partial charge in [0.15, 0.2) is 11.2 Å². The molecule has 1 amide bonds. The van der Waals surface area contributed by atoms with Crippen LogP contribution in [0, 0.1) is 0 Å². The number of benzene rings is 2. The molecule has 0 spiro atoms. The maximum absolute atomic E-state index is 12.5. The number of anilines is 2. The fraction of sp³-hybridized carbons (Fsp3) is 0.222. The van der Waals surface area contributed by atoms with Gasteiger partial charge in [0.25, 0.3) is 21.6 Å². The lowest BCUT2D eigenvalue weighted by atomic mass is 10.1. The molecule has 232 valence electrons. The van der Waals surface area contributed by atoms with Crippen LogP contribution in [0.25, 0.3) is 11.2 Å². The number of hydrogen-bond acceptors (Lipinski definition) is 13. The third kappa shape index (κ3) is 9.57. The molecule has 0 aliphatic rings. The zero-order valence-electron chi connectivity index (χ0n) is 23.5. The van der Waals surface area contributed by atoms with E-state index in [2.05, 4.69) is 40.0 Å². The molecule has 4 aromatic rings. The number of nitrogens with one attached hydrogen (secondary N) is 3. The Kier molecular flexibility index (Phi) is 11.4. The van der Waals surface area contributed by atoms with Crippen molar-refractivity contribution in [3.63, 3.8) is 0 Å². The Hall–Kier alpha value is -5.42. The van der Waals surface area contributed by atoms with Gasteiger partial charge in [0.1, 0.15) is 6.04 Å². The highest BCUT2D eigenvalue weighted by Crippen LogP contribution is 2.13. The minimum absolute atomic E-state index is 0.0387. The standard InChI is InChI=1S/C21H23N7O6.C6H6O3S/c1-33-15(29)8-7-14(20(32)34-2)26-18(30)11-3-5-12(6-4-11)23-9-13-10-24-17-16(25-13)19(31)28-21(22)27-17;7-10(8,9)6-4-2-1-3-5-6/h3-6,10,14,23H,7-9H2,1-2H3,(H,26,30)(H3,22,24,27,28,31);1-5H,(H,7,8,9). The number of nitrogens with zero attached hydrogens (tertiary/aromatic N) is 3. The molecule has 1 atom stereocenters. The third-order valence-corrected chi connectivity index (χ3v) is 6.67. The van der Waals surface area contributed by atoms with Crippen molar-refractivity contribution in [1.82, 2.24) is 25.3 Å². The Bertz CT molecular complexity index is 1780. The van der Waals surface area contributed by atoms with E-state index in [1.54, 1.807) is 42.5 Å². The van der Waals surface area contributed by atoms with Gasteiger partial charge in [0, 0.05) is 17.7 Å². The maximum atomic E-state index is 12.5. The van der Waals surface area contributed by atoms with Gasteiger partial charge in [0.05, 0.1) is 37.6 Å². The molecule has 0 bridgehead atoms. The third-order valence-electron chi connectivity index (χ3n) is 5.80. The van der Waals surface area contributed by atoms with E-state index in [1.165, 1.54) is 32.5 Å². The molecule has 2 heterocycles. The normalized spacial score (nSPS) is 11.4. The van der Waals surface area contributed by atoms with Crippen LogP contribution < -0.4 is 21.9 Å².